The minimum atomic E-state index is -0.412. The molecule has 2 amide bonds. The third-order valence-electron chi connectivity index (χ3n) is 4.99. The first-order valence-corrected chi connectivity index (χ1v) is 8.64. The van der Waals surface area contributed by atoms with E-state index in [1.807, 2.05) is 4.90 Å². The quantitative estimate of drug-likeness (QED) is 0.894. The molecule has 1 aromatic rings. The molecule has 5 nitrogen and oxygen atoms in total. The van der Waals surface area contributed by atoms with Crippen LogP contribution in [0.5, 0.6) is 0 Å². The maximum absolute atomic E-state index is 13.3. The van der Waals surface area contributed by atoms with Gasteiger partial charge in [0.2, 0.25) is 5.91 Å². The van der Waals surface area contributed by atoms with Crippen LogP contribution in [0.3, 0.4) is 0 Å². The molecule has 2 fully saturated rings. The van der Waals surface area contributed by atoms with Crippen molar-refractivity contribution in [2.75, 3.05) is 26.2 Å². The number of carbonyl (C=O) groups is 2. The number of amides is 2. The van der Waals surface area contributed by atoms with Gasteiger partial charge in [-0.2, -0.15) is 0 Å². The van der Waals surface area contributed by atoms with Crippen molar-refractivity contribution in [3.8, 4) is 0 Å². The molecule has 1 aromatic carbocycles. The molecule has 3 rings (SSSR count). The van der Waals surface area contributed by atoms with Gasteiger partial charge >= 0.3 is 0 Å². The van der Waals surface area contributed by atoms with Crippen molar-refractivity contribution in [3.63, 3.8) is 0 Å². The van der Waals surface area contributed by atoms with Gasteiger partial charge < -0.3 is 15.5 Å². The summed E-state index contributed by atoms with van der Waals surface area (Å²) >= 11 is 0. The lowest BCUT2D eigenvalue weighted by Crippen LogP contribution is -2.39. The van der Waals surface area contributed by atoms with Gasteiger partial charge in [0.05, 0.1) is 0 Å². The molecule has 0 aromatic heterocycles. The molecule has 1 aliphatic carbocycles. The number of nitrogens with zero attached hydrogens (tertiary/aromatic N) is 2. The van der Waals surface area contributed by atoms with E-state index in [4.69, 9.17) is 5.73 Å². The predicted molar refractivity (Wildman–Crippen MR) is 88.8 cm³/mol. The molecule has 1 heterocycles. The van der Waals surface area contributed by atoms with Crippen LogP contribution in [0, 0.1) is 11.7 Å². The normalized spacial score (nSPS) is 24.8. The molecule has 130 valence electrons. The number of hydrogen-bond acceptors (Lipinski definition) is 3. The Kier molecular flexibility index (Phi) is 5.14. The van der Waals surface area contributed by atoms with Crippen molar-refractivity contribution in [1.82, 2.24) is 9.80 Å². The van der Waals surface area contributed by atoms with Gasteiger partial charge in [-0.3, -0.25) is 9.59 Å². The summed E-state index contributed by atoms with van der Waals surface area (Å²) in [7, 11) is 0. The van der Waals surface area contributed by atoms with Crippen LogP contribution >= 0.6 is 0 Å². The maximum atomic E-state index is 13.3. The van der Waals surface area contributed by atoms with Gasteiger partial charge in [0.1, 0.15) is 5.82 Å². The zero-order chi connectivity index (χ0) is 17.1. The molecular formula is C18H24FN3O2. The van der Waals surface area contributed by atoms with Gasteiger partial charge in [0.15, 0.2) is 0 Å². The number of nitrogens with two attached hydrogens (primary N) is 1. The largest absolute Gasteiger partial charge is 0.341 e. The highest BCUT2D eigenvalue weighted by Crippen LogP contribution is 2.26. The standard InChI is InChI=1S/C18H24FN3O2/c19-15-4-1-3-13(11-15)17(23)21-7-2-8-22(10-9-21)18(24)14-5-6-16(20)12-14/h1,3-4,11,14,16H,2,5-10,12,20H2. The molecule has 2 atom stereocenters. The van der Waals surface area contributed by atoms with E-state index in [9.17, 15) is 14.0 Å². The fourth-order valence-electron chi connectivity index (χ4n) is 3.64. The van der Waals surface area contributed by atoms with Crippen LogP contribution < -0.4 is 5.73 Å². The summed E-state index contributed by atoms with van der Waals surface area (Å²) in [5.74, 6) is -0.384. The first kappa shape index (κ1) is 16.9. The lowest BCUT2D eigenvalue weighted by molar-refractivity contribution is -0.135. The van der Waals surface area contributed by atoms with Crippen molar-refractivity contribution in [2.45, 2.75) is 31.7 Å². The van der Waals surface area contributed by atoms with Gasteiger partial charge in [-0.1, -0.05) is 6.07 Å². The van der Waals surface area contributed by atoms with Crippen LogP contribution in [0.25, 0.3) is 0 Å². The third kappa shape index (κ3) is 3.75. The van der Waals surface area contributed by atoms with Crippen LogP contribution in [0.4, 0.5) is 4.39 Å². The molecular weight excluding hydrogens is 309 g/mol. The van der Waals surface area contributed by atoms with Gasteiger partial charge in [-0.05, 0) is 43.9 Å². The van der Waals surface area contributed by atoms with E-state index in [1.54, 1.807) is 17.0 Å². The van der Waals surface area contributed by atoms with Gasteiger partial charge in [-0.25, -0.2) is 4.39 Å². The maximum Gasteiger partial charge on any atom is 0.254 e. The lowest BCUT2D eigenvalue weighted by Gasteiger charge is -2.24. The molecule has 2 aliphatic rings. The van der Waals surface area contributed by atoms with E-state index in [2.05, 4.69) is 0 Å². The lowest BCUT2D eigenvalue weighted by atomic mass is 10.1. The van der Waals surface area contributed by atoms with Gasteiger partial charge in [0, 0.05) is 43.7 Å². The minimum Gasteiger partial charge on any atom is -0.341 e. The first-order valence-electron chi connectivity index (χ1n) is 8.64. The average molecular weight is 333 g/mol. The van der Waals surface area contributed by atoms with Crippen LogP contribution in [0.1, 0.15) is 36.0 Å². The van der Waals surface area contributed by atoms with E-state index in [0.29, 0.717) is 31.7 Å². The summed E-state index contributed by atoms with van der Waals surface area (Å²) in [6, 6.07) is 5.89. The molecule has 1 aliphatic heterocycles. The highest BCUT2D eigenvalue weighted by atomic mass is 19.1. The summed E-state index contributed by atoms with van der Waals surface area (Å²) in [6.45, 7) is 2.27. The number of rotatable bonds is 2. The number of benzene rings is 1. The Morgan fingerprint density at radius 2 is 1.83 bits per heavy atom. The SMILES string of the molecule is NC1CCC(C(=O)N2CCCN(C(=O)c3cccc(F)c3)CC2)C1. The summed E-state index contributed by atoms with van der Waals surface area (Å²) in [4.78, 5) is 28.7. The van der Waals surface area contributed by atoms with Crippen molar-refractivity contribution in [3.05, 3.63) is 35.6 Å². The molecule has 6 heteroatoms. The molecule has 2 unspecified atom stereocenters. The Labute approximate surface area is 141 Å². The Hall–Kier alpha value is -1.95. The molecule has 0 spiro atoms. The molecule has 24 heavy (non-hydrogen) atoms. The average Bonchev–Trinajstić information content (AvgIpc) is 2.86. The molecule has 0 bridgehead atoms. The highest BCUT2D eigenvalue weighted by Gasteiger charge is 2.32. The smallest absolute Gasteiger partial charge is 0.254 e. The topological polar surface area (TPSA) is 66.6 Å². The van der Waals surface area contributed by atoms with Crippen molar-refractivity contribution in [1.29, 1.82) is 0 Å². The van der Waals surface area contributed by atoms with Crippen LogP contribution in [-0.4, -0.2) is 53.8 Å². The summed E-state index contributed by atoms with van der Waals surface area (Å²) in [6.07, 6.45) is 3.28. The van der Waals surface area contributed by atoms with E-state index in [0.717, 1.165) is 25.7 Å². The van der Waals surface area contributed by atoms with Crippen molar-refractivity contribution >= 4 is 11.8 Å². The van der Waals surface area contributed by atoms with Crippen molar-refractivity contribution < 1.29 is 14.0 Å². The zero-order valence-electron chi connectivity index (χ0n) is 13.8. The monoisotopic (exact) mass is 333 g/mol. The second kappa shape index (κ2) is 7.30. The van der Waals surface area contributed by atoms with E-state index >= 15 is 0 Å². The van der Waals surface area contributed by atoms with Crippen LogP contribution in [0.2, 0.25) is 0 Å². The van der Waals surface area contributed by atoms with Crippen molar-refractivity contribution in [2.24, 2.45) is 11.7 Å². The van der Waals surface area contributed by atoms with Crippen LogP contribution in [0.15, 0.2) is 24.3 Å². The number of hydrogen-bond donors (Lipinski definition) is 1. The van der Waals surface area contributed by atoms with Gasteiger partial charge in [0.25, 0.3) is 5.91 Å². The molecule has 1 saturated carbocycles. The fourth-order valence-corrected chi connectivity index (χ4v) is 3.64. The fraction of sp³-hybridized carbons (Fsp3) is 0.556. The van der Waals surface area contributed by atoms with Crippen LogP contribution in [-0.2, 0) is 4.79 Å². The molecule has 0 radical (unpaired) electrons. The van der Waals surface area contributed by atoms with E-state index in [-0.39, 0.29) is 23.8 Å². The molecule has 2 N–H and O–H groups in total. The third-order valence-corrected chi connectivity index (χ3v) is 4.99. The summed E-state index contributed by atoms with van der Waals surface area (Å²) in [5, 5.41) is 0. The minimum absolute atomic E-state index is 0.0328. The summed E-state index contributed by atoms with van der Waals surface area (Å²) < 4.78 is 13.3. The Morgan fingerprint density at radius 1 is 1.08 bits per heavy atom. The Morgan fingerprint density at radius 3 is 2.54 bits per heavy atom. The molecule has 1 saturated heterocycles. The van der Waals surface area contributed by atoms with E-state index in [1.165, 1.54) is 12.1 Å². The highest BCUT2D eigenvalue weighted by molar-refractivity contribution is 5.94. The van der Waals surface area contributed by atoms with Gasteiger partial charge in [-0.15, -0.1) is 0 Å². The number of halogens is 1. The predicted octanol–water partition coefficient (Wildman–Crippen LogP) is 1.63. The second-order valence-corrected chi connectivity index (χ2v) is 6.75. The second-order valence-electron chi connectivity index (χ2n) is 6.75. The Balaban J connectivity index is 1.60. The summed E-state index contributed by atoms with van der Waals surface area (Å²) in [5.41, 5.74) is 6.27. The zero-order valence-corrected chi connectivity index (χ0v) is 13.8. The first-order chi connectivity index (χ1) is 11.5. The van der Waals surface area contributed by atoms with E-state index < -0.39 is 5.82 Å². The Bertz CT molecular complexity index is 622. The number of carbonyl (C=O) groups excluding carboxylic acids is 2.